The number of aryl methyl sites for hydroxylation is 1. The number of Topliss-reactive ketones (excluding diaryl/α,β-unsaturated/α-hetero) is 1. The smallest absolute Gasteiger partial charge is 0.338 e. The minimum atomic E-state index is -0.631. The summed E-state index contributed by atoms with van der Waals surface area (Å²) in [5.74, 6) is 0.356. The van der Waals surface area contributed by atoms with Gasteiger partial charge >= 0.3 is 5.97 Å². The summed E-state index contributed by atoms with van der Waals surface area (Å²) in [7, 11) is 1.89. The summed E-state index contributed by atoms with van der Waals surface area (Å²) in [6.07, 6.45) is 0. The molecular formula is C22H29NO6. The van der Waals surface area contributed by atoms with Crippen molar-refractivity contribution in [2.24, 2.45) is 7.05 Å². The van der Waals surface area contributed by atoms with Crippen LogP contribution in [0.3, 0.4) is 0 Å². The number of hydrogen-bond acceptors (Lipinski definition) is 6. The van der Waals surface area contributed by atoms with E-state index in [0.29, 0.717) is 42.6 Å². The van der Waals surface area contributed by atoms with Crippen LogP contribution in [0.15, 0.2) is 18.2 Å². The molecule has 7 heteroatoms. The second-order valence-electron chi connectivity index (χ2n) is 6.44. The van der Waals surface area contributed by atoms with Crippen molar-refractivity contribution < 1.29 is 28.5 Å². The van der Waals surface area contributed by atoms with Gasteiger partial charge < -0.3 is 23.5 Å². The van der Waals surface area contributed by atoms with E-state index in [2.05, 4.69) is 0 Å². The van der Waals surface area contributed by atoms with Crippen LogP contribution in [0.25, 0.3) is 0 Å². The Morgan fingerprint density at radius 2 is 1.45 bits per heavy atom. The van der Waals surface area contributed by atoms with Crippen LogP contribution in [0.4, 0.5) is 0 Å². The number of aromatic nitrogens is 1. The number of nitrogens with zero attached hydrogens (tertiary/aromatic N) is 1. The molecule has 158 valence electrons. The maximum Gasteiger partial charge on any atom is 0.338 e. The predicted octanol–water partition coefficient (Wildman–Crippen LogP) is 3.88. The molecule has 0 N–H and O–H groups in total. The van der Waals surface area contributed by atoms with E-state index in [1.807, 2.05) is 46.2 Å². The fourth-order valence-corrected chi connectivity index (χ4v) is 2.94. The van der Waals surface area contributed by atoms with Crippen LogP contribution in [-0.2, 0) is 11.8 Å². The Kier molecular flexibility index (Phi) is 7.70. The summed E-state index contributed by atoms with van der Waals surface area (Å²) in [5, 5.41) is 0. The lowest BCUT2D eigenvalue weighted by Crippen LogP contribution is -2.15. The molecule has 0 spiro atoms. The van der Waals surface area contributed by atoms with E-state index in [1.165, 1.54) is 0 Å². The standard InChI is InChI=1S/C22H29NO6/c1-7-26-19-11-16(12-20(27-8-2)21(19)28-9-3)22(25)29-13-18(24)17-10-14(4)23(6)15(17)5/h10-12H,7-9,13H2,1-6H3. The SMILES string of the molecule is CCOc1cc(C(=O)OCC(=O)c2cc(C)n(C)c2C)cc(OCC)c1OCC. The highest BCUT2D eigenvalue weighted by atomic mass is 16.5. The van der Waals surface area contributed by atoms with Crippen LogP contribution < -0.4 is 14.2 Å². The average molecular weight is 403 g/mol. The number of carbonyl (C=O) groups excluding carboxylic acids is 2. The summed E-state index contributed by atoms with van der Waals surface area (Å²) in [6, 6.07) is 4.88. The normalized spacial score (nSPS) is 10.6. The van der Waals surface area contributed by atoms with Gasteiger partial charge in [0, 0.05) is 24.0 Å². The first-order valence-electron chi connectivity index (χ1n) is 9.73. The second kappa shape index (κ2) is 10.0. The highest BCUT2D eigenvalue weighted by Gasteiger charge is 2.21. The molecule has 1 aromatic carbocycles. The number of esters is 1. The van der Waals surface area contributed by atoms with Crippen molar-refractivity contribution in [1.29, 1.82) is 0 Å². The topological polar surface area (TPSA) is 76.0 Å². The van der Waals surface area contributed by atoms with Crippen LogP contribution in [-0.4, -0.2) is 42.7 Å². The third-order valence-corrected chi connectivity index (χ3v) is 4.55. The Balaban J connectivity index is 2.22. The number of carbonyl (C=O) groups is 2. The molecule has 0 aliphatic carbocycles. The summed E-state index contributed by atoms with van der Waals surface area (Å²) in [5.41, 5.74) is 2.58. The van der Waals surface area contributed by atoms with Gasteiger partial charge in [0.1, 0.15) is 0 Å². The molecule has 0 fully saturated rings. The maximum atomic E-state index is 12.6. The van der Waals surface area contributed by atoms with E-state index in [4.69, 9.17) is 18.9 Å². The van der Waals surface area contributed by atoms with Gasteiger partial charge in [0.05, 0.1) is 25.4 Å². The highest BCUT2D eigenvalue weighted by molar-refractivity contribution is 6.00. The largest absolute Gasteiger partial charge is 0.490 e. The summed E-state index contributed by atoms with van der Waals surface area (Å²) in [4.78, 5) is 25.1. The van der Waals surface area contributed by atoms with Gasteiger partial charge in [0.2, 0.25) is 11.5 Å². The van der Waals surface area contributed by atoms with Crippen molar-refractivity contribution in [3.63, 3.8) is 0 Å². The van der Waals surface area contributed by atoms with E-state index in [1.54, 1.807) is 18.2 Å². The molecule has 0 unspecified atom stereocenters. The molecule has 1 heterocycles. The molecule has 7 nitrogen and oxygen atoms in total. The molecule has 0 aliphatic heterocycles. The van der Waals surface area contributed by atoms with Crippen LogP contribution in [0.2, 0.25) is 0 Å². The zero-order chi connectivity index (χ0) is 21.6. The van der Waals surface area contributed by atoms with Gasteiger partial charge in [-0.05, 0) is 52.8 Å². The predicted molar refractivity (Wildman–Crippen MR) is 109 cm³/mol. The summed E-state index contributed by atoms with van der Waals surface area (Å²) < 4.78 is 24.0. The van der Waals surface area contributed by atoms with Crippen molar-refractivity contribution in [1.82, 2.24) is 4.57 Å². The van der Waals surface area contributed by atoms with Gasteiger partial charge in [0.25, 0.3) is 0 Å². The molecule has 2 aromatic rings. The molecule has 0 atom stereocenters. The quantitative estimate of drug-likeness (QED) is 0.443. The molecule has 0 saturated carbocycles. The molecule has 29 heavy (non-hydrogen) atoms. The molecule has 0 bridgehead atoms. The van der Waals surface area contributed by atoms with Crippen molar-refractivity contribution >= 4 is 11.8 Å². The first-order valence-corrected chi connectivity index (χ1v) is 9.73. The fourth-order valence-electron chi connectivity index (χ4n) is 2.94. The number of benzene rings is 1. The highest BCUT2D eigenvalue weighted by Crippen LogP contribution is 2.39. The Labute approximate surface area is 171 Å². The Bertz CT molecular complexity index is 857. The lowest BCUT2D eigenvalue weighted by atomic mass is 10.1. The van der Waals surface area contributed by atoms with Crippen LogP contribution in [0, 0.1) is 13.8 Å². The monoisotopic (exact) mass is 403 g/mol. The number of rotatable bonds is 10. The van der Waals surface area contributed by atoms with Crippen LogP contribution in [0.1, 0.15) is 52.9 Å². The third-order valence-electron chi connectivity index (χ3n) is 4.55. The number of hydrogen-bond donors (Lipinski definition) is 0. The average Bonchev–Trinajstić information content (AvgIpc) is 2.95. The zero-order valence-electron chi connectivity index (χ0n) is 18.0. The minimum Gasteiger partial charge on any atom is -0.490 e. The molecule has 0 saturated heterocycles. The van der Waals surface area contributed by atoms with E-state index >= 15 is 0 Å². The zero-order valence-corrected chi connectivity index (χ0v) is 18.0. The summed E-state index contributed by atoms with van der Waals surface area (Å²) >= 11 is 0. The first kappa shape index (κ1) is 22.3. The van der Waals surface area contributed by atoms with E-state index in [9.17, 15) is 9.59 Å². The molecular weight excluding hydrogens is 374 g/mol. The molecule has 2 rings (SSSR count). The maximum absolute atomic E-state index is 12.6. The van der Waals surface area contributed by atoms with E-state index < -0.39 is 5.97 Å². The Morgan fingerprint density at radius 1 is 0.897 bits per heavy atom. The van der Waals surface area contributed by atoms with Crippen LogP contribution >= 0.6 is 0 Å². The van der Waals surface area contributed by atoms with Crippen molar-refractivity contribution in [3.8, 4) is 17.2 Å². The van der Waals surface area contributed by atoms with E-state index in [-0.39, 0.29) is 18.0 Å². The van der Waals surface area contributed by atoms with Crippen molar-refractivity contribution in [3.05, 3.63) is 40.7 Å². The minimum absolute atomic E-state index is 0.231. The first-order chi connectivity index (χ1) is 13.8. The Morgan fingerprint density at radius 3 is 1.90 bits per heavy atom. The molecule has 0 aliphatic rings. The molecule has 0 radical (unpaired) electrons. The van der Waals surface area contributed by atoms with Gasteiger partial charge in [-0.3, -0.25) is 4.79 Å². The van der Waals surface area contributed by atoms with Crippen molar-refractivity contribution in [2.45, 2.75) is 34.6 Å². The van der Waals surface area contributed by atoms with Gasteiger partial charge in [-0.1, -0.05) is 0 Å². The van der Waals surface area contributed by atoms with Gasteiger partial charge in [-0.15, -0.1) is 0 Å². The second-order valence-corrected chi connectivity index (χ2v) is 6.44. The molecule has 1 aromatic heterocycles. The molecule has 0 amide bonds. The van der Waals surface area contributed by atoms with Gasteiger partial charge in [-0.25, -0.2) is 4.79 Å². The van der Waals surface area contributed by atoms with Crippen LogP contribution in [0.5, 0.6) is 17.2 Å². The lowest BCUT2D eigenvalue weighted by Gasteiger charge is -2.16. The number of ether oxygens (including phenoxy) is 4. The summed E-state index contributed by atoms with van der Waals surface area (Å²) in [6.45, 7) is 10.2. The Hall–Kier alpha value is -2.96. The van der Waals surface area contributed by atoms with Crippen molar-refractivity contribution in [2.75, 3.05) is 26.4 Å². The van der Waals surface area contributed by atoms with E-state index in [0.717, 1.165) is 11.4 Å². The van der Waals surface area contributed by atoms with Gasteiger partial charge in [-0.2, -0.15) is 0 Å². The third kappa shape index (κ3) is 5.10. The number of ketones is 1. The lowest BCUT2D eigenvalue weighted by molar-refractivity contribution is 0.0473. The fraction of sp³-hybridized carbons (Fsp3) is 0.455. The van der Waals surface area contributed by atoms with Gasteiger partial charge in [0.15, 0.2) is 18.1 Å².